The van der Waals surface area contributed by atoms with Gasteiger partial charge in [0.25, 0.3) is 5.91 Å². The van der Waals surface area contributed by atoms with Gasteiger partial charge in [0.1, 0.15) is 13.2 Å². The Bertz CT molecular complexity index is 885. The Hall–Kier alpha value is -2.95. The maximum Gasteiger partial charge on any atom is 0.253 e. The molecule has 2 aromatic carbocycles. The van der Waals surface area contributed by atoms with Crippen molar-refractivity contribution < 1.29 is 14.3 Å². The van der Waals surface area contributed by atoms with Crippen molar-refractivity contribution in [1.29, 1.82) is 0 Å². The molecular weight excluding hydrogens is 304 g/mol. The molecule has 5 nitrogen and oxygen atoms in total. The lowest BCUT2D eigenvalue weighted by Crippen LogP contribution is -2.25. The van der Waals surface area contributed by atoms with Gasteiger partial charge in [0.15, 0.2) is 11.5 Å². The largest absolute Gasteiger partial charge is 0.486 e. The quantitative estimate of drug-likeness (QED) is 0.776. The van der Waals surface area contributed by atoms with Crippen LogP contribution in [-0.2, 0) is 6.42 Å². The second-order valence-corrected chi connectivity index (χ2v) is 5.73. The SMILES string of the molecule is O=C(NCCc1ccc2c(c1)OCCO2)c1c[nH]c2ccccc12. The molecule has 1 amide bonds. The van der Waals surface area contributed by atoms with Gasteiger partial charge in [-0.3, -0.25) is 4.79 Å². The number of rotatable bonds is 4. The van der Waals surface area contributed by atoms with E-state index in [2.05, 4.69) is 10.3 Å². The summed E-state index contributed by atoms with van der Waals surface area (Å²) in [5, 5.41) is 3.91. The van der Waals surface area contributed by atoms with Gasteiger partial charge in [0, 0.05) is 23.6 Å². The van der Waals surface area contributed by atoms with Crippen LogP contribution < -0.4 is 14.8 Å². The molecule has 1 aliphatic heterocycles. The van der Waals surface area contributed by atoms with Crippen LogP contribution in [0.1, 0.15) is 15.9 Å². The minimum Gasteiger partial charge on any atom is -0.486 e. The fourth-order valence-corrected chi connectivity index (χ4v) is 2.92. The number of aromatic amines is 1. The summed E-state index contributed by atoms with van der Waals surface area (Å²) < 4.78 is 11.1. The predicted octanol–water partition coefficient (Wildman–Crippen LogP) is 2.91. The predicted molar refractivity (Wildman–Crippen MR) is 91.8 cm³/mol. The van der Waals surface area contributed by atoms with Crippen LogP contribution in [-0.4, -0.2) is 30.6 Å². The smallest absolute Gasteiger partial charge is 0.253 e. The lowest BCUT2D eigenvalue weighted by Gasteiger charge is -2.18. The molecule has 0 fully saturated rings. The normalized spacial score (nSPS) is 13.0. The van der Waals surface area contributed by atoms with Crippen LogP contribution in [0.25, 0.3) is 10.9 Å². The third-order valence-corrected chi connectivity index (χ3v) is 4.14. The molecule has 2 heterocycles. The Morgan fingerprint density at radius 1 is 1.08 bits per heavy atom. The Balaban J connectivity index is 1.39. The van der Waals surface area contributed by atoms with Gasteiger partial charge in [-0.15, -0.1) is 0 Å². The summed E-state index contributed by atoms with van der Waals surface area (Å²) in [4.78, 5) is 15.5. The Labute approximate surface area is 139 Å². The summed E-state index contributed by atoms with van der Waals surface area (Å²) in [7, 11) is 0. The van der Waals surface area contributed by atoms with Crippen molar-refractivity contribution in [2.75, 3.05) is 19.8 Å². The monoisotopic (exact) mass is 322 g/mol. The number of amides is 1. The summed E-state index contributed by atoms with van der Waals surface area (Å²) in [6.45, 7) is 1.73. The number of hydrogen-bond donors (Lipinski definition) is 2. The molecule has 0 unspecified atom stereocenters. The van der Waals surface area contributed by atoms with E-state index in [4.69, 9.17) is 9.47 Å². The van der Waals surface area contributed by atoms with Gasteiger partial charge < -0.3 is 19.8 Å². The first-order valence-corrected chi connectivity index (χ1v) is 8.04. The highest BCUT2D eigenvalue weighted by Crippen LogP contribution is 2.30. The zero-order valence-corrected chi connectivity index (χ0v) is 13.2. The van der Waals surface area contributed by atoms with E-state index in [0.717, 1.165) is 34.4 Å². The van der Waals surface area contributed by atoms with E-state index in [9.17, 15) is 4.79 Å². The molecule has 0 saturated heterocycles. The molecule has 3 aromatic rings. The number of carbonyl (C=O) groups excluding carboxylic acids is 1. The number of nitrogens with one attached hydrogen (secondary N) is 2. The zero-order chi connectivity index (χ0) is 16.4. The van der Waals surface area contributed by atoms with E-state index in [1.165, 1.54) is 0 Å². The second-order valence-electron chi connectivity index (χ2n) is 5.73. The molecule has 1 aromatic heterocycles. The van der Waals surface area contributed by atoms with Crippen molar-refractivity contribution in [3.05, 3.63) is 59.8 Å². The first kappa shape index (κ1) is 14.6. The minimum absolute atomic E-state index is 0.0648. The van der Waals surface area contributed by atoms with Crippen molar-refractivity contribution in [2.24, 2.45) is 0 Å². The van der Waals surface area contributed by atoms with Gasteiger partial charge in [-0.2, -0.15) is 0 Å². The van der Waals surface area contributed by atoms with Crippen molar-refractivity contribution in [3.63, 3.8) is 0 Å². The van der Waals surface area contributed by atoms with Crippen molar-refractivity contribution in [1.82, 2.24) is 10.3 Å². The number of benzene rings is 2. The van der Waals surface area contributed by atoms with Crippen molar-refractivity contribution >= 4 is 16.8 Å². The highest BCUT2D eigenvalue weighted by atomic mass is 16.6. The van der Waals surface area contributed by atoms with Crippen molar-refractivity contribution in [3.8, 4) is 11.5 Å². The zero-order valence-electron chi connectivity index (χ0n) is 13.2. The van der Waals surface area contributed by atoms with Crippen LogP contribution in [0.3, 0.4) is 0 Å². The van der Waals surface area contributed by atoms with Gasteiger partial charge in [-0.1, -0.05) is 24.3 Å². The average Bonchev–Trinajstić information content (AvgIpc) is 3.06. The molecular formula is C19H18N2O3. The molecule has 0 bridgehead atoms. The number of para-hydroxylation sites is 1. The Morgan fingerprint density at radius 2 is 1.92 bits per heavy atom. The van der Waals surface area contributed by atoms with E-state index >= 15 is 0 Å². The molecule has 0 radical (unpaired) electrons. The molecule has 4 rings (SSSR count). The number of H-pyrrole nitrogens is 1. The summed E-state index contributed by atoms with van der Waals surface area (Å²) in [6.07, 6.45) is 2.49. The van der Waals surface area contributed by atoms with E-state index in [0.29, 0.717) is 25.3 Å². The van der Waals surface area contributed by atoms with Gasteiger partial charge >= 0.3 is 0 Å². The van der Waals surface area contributed by atoms with Gasteiger partial charge in [-0.05, 0) is 30.2 Å². The van der Waals surface area contributed by atoms with Crippen LogP contribution in [0.5, 0.6) is 11.5 Å². The molecule has 0 saturated carbocycles. The molecule has 0 atom stereocenters. The summed E-state index contributed by atoms with van der Waals surface area (Å²) in [5.74, 6) is 1.50. The Kier molecular flexibility index (Phi) is 3.83. The number of fused-ring (bicyclic) bond motifs is 2. The van der Waals surface area contributed by atoms with Crippen LogP contribution in [0.4, 0.5) is 0 Å². The van der Waals surface area contributed by atoms with Gasteiger partial charge in [0.2, 0.25) is 0 Å². The first-order chi connectivity index (χ1) is 11.8. The van der Waals surface area contributed by atoms with E-state index in [-0.39, 0.29) is 5.91 Å². The summed E-state index contributed by atoms with van der Waals surface area (Å²) in [5.41, 5.74) is 2.75. The fraction of sp³-hybridized carbons (Fsp3) is 0.211. The molecule has 0 spiro atoms. The first-order valence-electron chi connectivity index (χ1n) is 8.04. The lowest BCUT2D eigenvalue weighted by atomic mass is 10.1. The molecule has 0 aliphatic carbocycles. The highest BCUT2D eigenvalue weighted by molar-refractivity contribution is 6.06. The third kappa shape index (κ3) is 2.80. The number of ether oxygens (including phenoxy) is 2. The molecule has 5 heteroatoms. The van der Waals surface area contributed by atoms with Crippen LogP contribution in [0.15, 0.2) is 48.7 Å². The minimum atomic E-state index is -0.0648. The van der Waals surface area contributed by atoms with Crippen LogP contribution in [0, 0.1) is 0 Å². The van der Waals surface area contributed by atoms with E-state index in [1.54, 1.807) is 6.20 Å². The van der Waals surface area contributed by atoms with Gasteiger partial charge in [0.05, 0.1) is 5.56 Å². The Morgan fingerprint density at radius 3 is 2.83 bits per heavy atom. The van der Waals surface area contributed by atoms with Crippen LogP contribution >= 0.6 is 0 Å². The maximum absolute atomic E-state index is 12.4. The average molecular weight is 322 g/mol. The number of hydrogen-bond acceptors (Lipinski definition) is 3. The second kappa shape index (κ2) is 6.28. The standard InChI is InChI=1S/C19H18N2O3/c22-19(15-12-21-16-4-2-1-3-14(15)16)20-8-7-13-5-6-17-18(11-13)24-10-9-23-17/h1-6,11-12,21H,7-10H2,(H,20,22). The maximum atomic E-state index is 12.4. The van der Waals surface area contributed by atoms with E-state index in [1.807, 2.05) is 42.5 Å². The fourth-order valence-electron chi connectivity index (χ4n) is 2.92. The number of aromatic nitrogens is 1. The molecule has 1 aliphatic rings. The number of carbonyl (C=O) groups is 1. The summed E-state index contributed by atoms with van der Waals surface area (Å²) >= 11 is 0. The topological polar surface area (TPSA) is 63.4 Å². The summed E-state index contributed by atoms with van der Waals surface area (Å²) in [6, 6.07) is 13.7. The van der Waals surface area contributed by atoms with E-state index < -0.39 is 0 Å². The molecule has 122 valence electrons. The van der Waals surface area contributed by atoms with Crippen LogP contribution in [0.2, 0.25) is 0 Å². The van der Waals surface area contributed by atoms with Gasteiger partial charge in [-0.25, -0.2) is 0 Å². The van der Waals surface area contributed by atoms with Crippen molar-refractivity contribution in [2.45, 2.75) is 6.42 Å². The molecule has 2 N–H and O–H groups in total. The molecule has 24 heavy (non-hydrogen) atoms. The third-order valence-electron chi connectivity index (χ3n) is 4.14. The highest BCUT2D eigenvalue weighted by Gasteiger charge is 2.13. The lowest BCUT2D eigenvalue weighted by molar-refractivity contribution is 0.0956.